The number of thioether (sulfide) groups is 1. The van der Waals surface area contributed by atoms with Gasteiger partial charge in [0, 0.05) is 34.9 Å². The minimum atomic E-state index is -0.425. The first kappa shape index (κ1) is 17.0. The molecular weight excluding hydrogens is 312 g/mol. The van der Waals surface area contributed by atoms with E-state index in [0.717, 1.165) is 21.7 Å². The minimum Gasteiger partial charge on any atom is -0.326 e. The molecule has 0 atom stereocenters. The molecule has 0 aliphatic carbocycles. The van der Waals surface area contributed by atoms with E-state index in [1.54, 1.807) is 12.1 Å². The monoisotopic (exact) mass is 330 g/mol. The maximum Gasteiger partial charge on any atom is 0.269 e. The molecule has 2 aromatic carbocycles. The molecule has 2 rings (SSSR count). The quantitative estimate of drug-likeness (QED) is 0.486. The molecule has 0 saturated carbocycles. The highest BCUT2D eigenvalue weighted by Gasteiger charge is 2.07. The van der Waals surface area contributed by atoms with Gasteiger partial charge in [0.2, 0.25) is 5.91 Å². The van der Waals surface area contributed by atoms with Crippen LogP contribution in [0.15, 0.2) is 47.4 Å². The molecule has 0 radical (unpaired) electrons. The van der Waals surface area contributed by atoms with E-state index in [4.69, 9.17) is 0 Å². The summed E-state index contributed by atoms with van der Waals surface area (Å²) in [4.78, 5) is 23.1. The Kier molecular flexibility index (Phi) is 5.76. The van der Waals surface area contributed by atoms with Crippen LogP contribution < -0.4 is 5.32 Å². The first-order valence-electron chi connectivity index (χ1n) is 7.20. The predicted molar refractivity (Wildman–Crippen MR) is 93.0 cm³/mol. The summed E-state index contributed by atoms with van der Waals surface area (Å²) in [5.74, 6) is 0.585. The Balaban J connectivity index is 1.82. The van der Waals surface area contributed by atoms with Gasteiger partial charge in [-0.25, -0.2) is 0 Å². The summed E-state index contributed by atoms with van der Waals surface area (Å²) < 4.78 is 0. The number of carbonyl (C=O) groups excluding carboxylic acids is 1. The van der Waals surface area contributed by atoms with Gasteiger partial charge in [-0.2, -0.15) is 0 Å². The van der Waals surface area contributed by atoms with Gasteiger partial charge in [-0.1, -0.05) is 12.1 Å². The van der Waals surface area contributed by atoms with Crippen LogP contribution in [0.25, 0.3) is 0 Å². The summed E-state index contributed by atoms with van der Waals surface area (Å²) in [5.41, 5.74) is 3.05. The van der Waals surface area contributed by atoms with E-state index in [9.17, 15) is 14.9 Å². The fourth-order valence-corrected chi connectivity index (χ4v) is 2.86. The highest BCUT2D eigenvalue weighted by molar-refractivity contribution is 7.99. The molecule has 0 heterocycles. The number of nitro benzene ring substituents is 1. The summed E-state index contributed by atoms with van der Waals surface area (Å²) in [6, 6.07) is 12.3. The molecular formula is C17H18N2O3S. The van der Waals surface area contributed by atoms with E-state index in [0.29, 0.717) is 12.2 Å². The van der Waals surface area contributed by atoms with Gasteiger partial charge in [0.15, 0.2) is 0 Å². The molecule has 0 unspecified atom stereocenters. The van der Waals surface area contributed by atoms with Crippen molar-refractivity contribution in [2.75, 3.05) is 11.1 Å². The van der Waals surface area contributed by atoms with Gasteiger partial charge in [-0.05, 0) is 43.2 Å². The number of nitro groups is 1. The molecule has 0 aliphatic heterocycles. The molecule has 0 fully saturated rings. The fourth-order valence-electron chi connectivity index (χ4n) is 2.01. The second-order valence-electron chi connectivity index (χ2n) is 5.22. The highest BCUT2D eigenvalue weighted by Crippen LogP contribution is 2.22. The van der Waals surface area contributed by atoms with Crippen molar-refractivity contribution in [1.29, 1.82) is 0 Å². The summed E-state index contributed by atoms with van der Waals surface area (Å²) in [6.07, 6.45) is 0.384. The second kappa shape index (κ2) is 7.78. The topological polar surface area (TPSA) is 72.2 Å². The zero-order valence-corrected chi connectivity index (χ0v) is 13.9. The lowest BCUT2D eigenvalue weighted by atomic mass is 10.1. The summed E-state index contributed by atoms with van der Waals surface area (Å²) in [6.45, 7) is 3.94. The molecule has 120 valence electrons. The van der Waals surface area contributed by atoms with Gasteiger partial charge >= 0.3 is 0 Å². The van der Waals surface area contributed by atoms with Crippen molar-refractivity contribution in [3.05, 3.63) is 63.7 Å². The van der Waals surface area contributed by atoms with Crippen LogP contribution >= 0.6 is 11.8 Å². The third-order valence-corrected chi connectivity index (χ3v) is 4.33. The van der Waals surface area contributed by atoms with Crippen LogP contribution in [0.5, 0.6) is 0 Å². The Morgan fingerprint density at radius 1 is 1.17 bits per heavy atom. The molecule has 1 amide bonds. The molecule has 0 aromatic heterocycles. The maximum absolute atomic E-state index is 12.0. The van der Waals surface area contributed by atoms with Crippen molar-refractivity contribution in [3.63, 3.8) is 0 Å². The number of nitrogens with one attached hydrogen (secondary N) is 1. The molecule has 23 heavy (non-hydrogen) atoms. The molecule has 1 N–H and O–H groups in total. The summed E-state index contributed by atoms with van der Waals surface area (Å²) in [5, 5.41) is 13.5. The number of rotatable bonds is 6. The smallest absolute Gasteiger partial charge is 0.269 e. The van der Waals surface area contributed by atoms with E-state index in [2.05, 4.69) is 5.32 Å². The number of anilines is 1. The van der Waals surface area contributed by atoms with Crippen molar-refractivity contribution in [3.8, 4) is 0 Å². The molecule has 0 spiro atoms. The van der Waals surface area contributed by atoms with Gasteiger partial charge in [0.25, 0.3) is 5.69 Å². The second-order valence-corrected chi connectivity index (χ2v) is 6.38. The Morgan fingerprint density at radius 3 is 2.52 bits per heavy atom. The number of aryl methyl sites for hydroxylation is 2. The van der Waals surface area contributed by atoms with Crippen LogP contribution in [0, 0.1) is 24.0 Å². The lowest BCUT2D eigenvalue weighted by Crippen LogP contribution is -2.13. The first-order valence-corrected chi connectivity index (χ1v) is 8.18. The van der Waals surface area contributed by atoms with Crippen LogP contribution in [0.4, 0.5) is 11.4 Å². The van der Waals surface area contributed by atoms with Crippen molar-refractivity contribution in [2.24, 2.45) is 0 Å². The average molecular weight is 330 g/mol. The standard InChI is InChI=1S/C17H18N2O3S/c1-12-3-4-13(2)16(11-12)18-17(20)9-10-23-15-7-5-14(6-8-15)19(21)22/h3-8,11H,9-10H2,1-2H3,(H,18,20). The number of non-ortho nitro benzene ring substituents is 1. The molecule has 0 aliphatic rings. The Hall–Kier alpha value is -2.34. The number of nitrogens with zero attached hydrogens (tertiary/aromatic N) is 1. The Bertz CT molecular complexity index is 714. The molecule has 0 saturated heterocycles. The average Bonchev–Trinajstić information content (AvgIpc) is 2.51. The number of amides is 1. The third-order valence-electron chi connectivity index (χ3n) is 3.31. The van der Waals surface area contributed by atoms with E-state index < -0.39 is 4.92 Å². The normalized spacial score (nSPS) is 10.3. The van der Waals surface area contributed by atoms with Crippen LogP contribution in [0.3, 0.4) is 0 Å². The fraction of sp³-hybridized carbons (Fsp3) is 0.235. The van der Waals surface area contributed by atoms with E-state index in [-0.39, 0.29) is 11.6 Å². The van der Waals surface area contributed by atoms with E-state index in [1.165, 1.54) is 23.9 Å². The Morgan fingerprint density at radius 2 is 1.87 bits per heavy atom. The van der Waals surface area contributed by atoms with Gasteiger partial charge < -0.3 is 5.32 Å². The lowest BCUT2D eigenvalue weighted by molar-refractivity contribution is -0.384. The summed E-state index contributed by atoms with van der Waals surface area (Å²) in [7, 11) is 0. The highest BCUT2D eigenvalue weighted by atomic mass is 32.2. The van der Waals surface area contributed by atoms with Crippen molar-refractivity contribution >= 4 is 29.0 Å². The Labute approximate surface area is 139 Å². The van der Waals surface area contributed by atoms with Crippen LogP contribution in [-0.2, 0) is 4.79 Å². The summed E-state index contributed by atoms with van der Waals surface area (Å²) >= 11 is 1.50. The van der Waals surface area contributed by atoms with Crippen molar-refractivity contribution in [2.45, 2.75) is 25.2 Å². The largest absolute Gasteiger partial charge is 0.326 e. The van der Waals surface area contributed by atoms with Crippen LogP contribution in [0.2, 0.25) is 0 Å². The van der Waals surface area contributed by atoms with Crippen LogP contribution in [0.1, 0.15) is 17.5 Å². The van der Waals surface area contributed by atoms with Crippen molar-refractivity contribution < 1.29 is 9.72 Å². The zero-order chi connectivity index (χ0) is 16.8. The zero-order valence-electron chi connectivity index (χ0n) is 13.0. The van der Waals surface area contributed by atoms with E-state index >= 15 is 0 Å². The van der Waals surface area contributed by atoms with E-state index in [1.807, 2.05) is 32.0 Å². The first-order chi connectivity index (χ1) is 11.0. The predicted octanol–water partition coefficient (Wildman–Crippen LogP) is 4.33. The van der Waals surface area contributed by atoms with Gasteiger partial charge in [-0.15, -0.1) is 11.8 Å². The van der Waals surface area contributed by atoms with Crippen molar-refractivity contribution in [1.82, 2.24) is 0 Å². The molecule has 5 nitrogen and oxygen atoms in total. The number of carbonyl (C=O) groups is 1. The number of hydrogen-bond acceptors (Lipinski definition) is 4. The molecule has 0 bridgehead atoms. The third kappa shape index (κ3) is 5.10. The number of hydrogen-bond donors (Lipinski definition) is 1. The van der Waals surface area contributed by atoms with Gasteiger partial charge in [0.1, 0.15) is 0 Å². The van der Waals surface area contributed by atoms with Gasteiger partial charge in [0.05, 0.1) is 4.92 Å². The maximum atomic E-state index is 12.0. The molecule has 2 aromatic rings. The van der Waals surface area contributed by atoms with Gasteiger partial charge in [-0.3, -0.25) is 14.9 Å². The van der Waals surface area contributed by atoms with Crippen LogP contribution in [-0.4, -0.2) is 16.6 Å². The number of benzene rings is 2. The SMILES string of the molecule is Cc1ccc(C)c(NC(=O)CCSc2ccc([N+](=O)[O-])cc2)c1. The molecule has 6 heteroatoms. The lowest BCUT2D eigenvalue weighted by Gasteiger charge is -2.09. The minimum absolute atomic E-state index is 0.0342.